The summed E-state index contributed by atoms with van der Waals surface area (Å²) in [7, 11) is 0. The molecular formula is C24H22F3N5O2S. The molecule has 0 aliphatic carbocycles. The van der Waals surface area contributed by atoms with Crippen LogP contribution in [0.2, 0.25) is 0 Å². The quantitative estimate of drug-likeness (QED) is 0.509. The van der Waals surface area contributed by atoms with Gasteiger partial charge in [0.05, 0.1) is 23.9 Å². The molecule has 1 amide bonds. The molecule has 1 aliphatic heterocycles. The minimum absolute atomic E-state index is 0.0452. The third kappa shape index (κ3) is 5.78. The van der Waals surface area contributed by atoms with Crippen molar-refractivity contribution in [1.82, 2.24) is 15.3 Å². The number of rotatable bonds is 7. The fourth-order valence-electron chi connectivity index (χ4n) is 3.96. The average Bonchev–Trinajstić information content (AvgIpc) is 3.54. The third-order valence-electron chi connectivity index (χ3n) is 5.72. The zero-order valence-corrected chi connectivity index (χ0v) is 19.4. The molecule has 1 saturated heterocycles. The van der Waals surface area contributed by atoms with Gasteiger partial charge in [0.25, 0.3) is 0 Å². The van der Waals surface area contributed by atoms with Gasteiger partial charge in [-0.25, -0.2) is 9.97 Å². The van der Waals surface area contributed by atoms with E-state index in [1.54, 1.807) is 28.5 Å². The van der Waals surface area contributed by atoms with Crippen LogP contribution >= 0.6 is 11.3 Å². The van der Waals surface area contributed by atoms with E-state index < -0.39 is 18.0 Å². The van der Waals surface area contributed by atoms with Gasteiger partial charge in [-0.1, -0.05) is 12.1 Å². The molecule has 1 aromatic carbocycles. The van der Waals surface area contributed by atoms with E-state index in [1.807, 2.05) is 12.1 Å². The number of halogens is 3. The van der Waals surface area contributed by atoms with Crippen LogP contribution in [0.25, 0.3) is 11.3 Å². The Morgan fingerprint density at radius 2 is 2.03 bits per heavy atom. The lowest BCUT2D eigenvalue weighted by atomic mass is 10.1. The molecule has 2 N–H and O–H groups in total. The van der Waals surface area contributed by atoms with Gasteiger partial charge in [0.2, 0.25) is 11.7 Å². The van der Waals surface area contributed by atoms with Crippen molar-refractivity contribution in [3.05, 3.63) is 63.6 Å². The van der Waals surface area contributed by atoms with Crippen LogP contribution in [0.4, 0.5) is 19.0 Å². The number of benzene rings is 1. The second-order valence-electron chi connectivity index (χ2n) is 8.09. The first-order valence-corrected chi connectivity index (χ1v) is 11.8. The zero-order chi connectivity index (χ0) is 25.0. The number of anilines is 1. The van der Waals surface area contributed by atoms with E-state index >= 15 is 0 Å². The Labute approximate surface area is 203 Å². The summed E-state index contributed by atoms with van der Waals surface area (Å²) in [6.45, 7) is 0.537. The van der Waals surface area contributed by atoms with Crippen molar-refractivity contribution in [3.8, 4) is 17.3 Å². The fraction of sp³-hybridized carbons (Fsp3) is 0.333. The highest BCUT2D eigenvalue weighted by atomic mass is 32.1. The molecule has 1 aliphatic rings. The van der Waals surface area contributed by atoms with Crippen LogP contribution in [0.1, 0.15) is 34.7 Å². The standard InChI is InChI=1S/C24H22F3N5O2S/c25-24(26,27)23-30-19(17-10-18(13-33)35-14-17)11-21(31-23)32-9-1-2-20(32)22(34)29-8-7-15-3-5-16(12-28)6-4-15/h3-6,10-11,14,20,33H,1-2,7-9,13H2,(H,29,34)/t20-/m0/s1. The molecule has 0 bridgehead atoms. The van der Waals surface area contributed by atoms with Crippen LogP contribution in [0.15, 0.2) is 41.8 Å². The maximum Gasteiger partial charge on any atom is 0.451 e. The number of nitrogens with zero attached hydrogens (tertiary/aromatic N) is 4. The van der Waals surface area contributed by atoms with Crippen molar-refractivity contribution >= 4 is 23.1 Å². The van der Waals surface area contributed by atoms with Crippen LogP contribution in [0.5, 0.6) is 0 Å². The number of carbonyl (C=O) groups is 1. The van der Waals surface area contributed by atoms with Crippen molar-refractivity contribution in [2.45, 2.75) is 38.1 Å². The van der Waals surface area contributed by atoms with E-state index in [0.29, 0.717) is 48.4 Å². The number of carbonyl (C=O) groups excluding carboxylic acids is 1. The number of hydrogen-bond acceptors (Lipinski definition) is 7. The molecular weight excluding hydrogens is 479 g/mol. The van der Waals surface area contributed by atoms with Crippen molar-refractivity contribution in [3.63, 3.8) is 0 Å². The van der Waals surface area contributed by atoms with E-state index in [0.717, 1.165) is 5.56 Å². The van der Waals surface area contributed by atoms with E-state index in [2.05, 4.69) is 21.4 Å². The number of amides is 1. The Kier molecular flexibility index (Phi) is 7.33. The lowest BCUT2D eigenvalue weighted by Crippen LogP contribution is -2.44. The topological polar surface area (TPSA) is 102 Å². The van der Waals surface area contributed by atoms with Gasteiger partial charge in [-0.3, -0.25) is 4.79 Å². The van der Waals surface area contributed by atoms with Gasteiger partial charge >= 0.3 is 6.18 Å². The molecule has 35 heavy (non-hydrogen) atoms. The van der Waals surface area contributed by atoms with Gasteiger partial charge in [-0.05, 0) is 43.0 Å². The third-order valence-corrected chi connectivity index (χ3v) is 6.64. The Morgan fingerprint density at radius 3 is 2.69 bits per heavy atom. The van der Waals surface area contributed by atoms with Gasteiger partial charge < -0.3 is 15.3 Å². The zero-order valence-electron chi connectivity index (χ0n) is 18.5. The molecule has 3 heterocycles. The summed E-state index contributed by atoms with van der Waals surface area (Å²) in [6, 6.07) is 11.5. The summed E-state index contributed by atoms with van der Waals surface area (Å²) in [6.07, 6.45) is -3.05. The molecule has 182 valence electrons. The van der Waals surface area contributed by atoms with E-state index in [1.165, 1.54) is 17.4 Å². The molecule has 0 radical (unpaired) electrons. The van der Waals surface area contributed by atoms with E-state index in [4.69, 9.17) is 5.26 Å². The average molecular weight is 502 g/mol. The number of hydrogen-bond donors (Lipinski definition) is 2. The van der Waals surface area contributed by atoms with Crippen LogP contribution in [0.3, 0.4) is 0 Å². The number of alkyl halides is 3. The van der Waals surface area contributed by atoms with Crippen LogP contribution < -0.4 is 10.2 Å². The number of nitriles is 1. The molecule has 0 spiro atoms. The van der Waals surface area contributed by atoms with Crippen molar-refractivity contribution in [1.29, 1.82) is 5.26 Å². The minimum Gasteiger partial charge on any atom is -0.391 e. The normalized spacial score (nSPS) is 15.7. The molecule has 0 unspecified atom stereocenters. The van der Waals surface area contributed by atoms with Gasteiger partial charge in [0.15, 0.2) is 0 Å². The Hall–Kier alpha value is -3.49. The summed E-state index contributed by atoms with van der Waals surface area (Å²) in [4.78, 5) is 22.6. The first kappa shape index (κ1) is 24.6. The number of thiophene rings is 1. The van der Waals surface area contributed by atoms with Crippen molar-refractivity contribution < 1.29 is 23.1 Å². The summed E-state index contributed by atoms with van der Waals surface area (Å²) < 4.78 is 40.7. The summed E-state index contributed by atoms with van der Waals surface area (Å²) in [5.74, 6) is -1.50. The van der Waals surface area contributed by atoms with Gasteiger partial charge in [0, 0.05) is 35.0 Å². The first-order chi connectivity index (χ1) is 16.8. The monoisotopic (exact) mass is 501 g/mol. The largest absolute Gasteiger partial charge is 0.451 e. The smallest absolute Gasteiger partial charge is 0.391 e. The van der Waals surface area contributed by atoms with Crippen molar-refractivity contribution in [2.75, 3.05) is 18.0 Å². The van der Waals surface area contributed by atoms with Gasteiger partial charge in [-0.2, -0.15) is 18.4 Å². The van der Waals surface area contributed by atoms with Crippen LogP contribution in [-0.4, -0.2) is 40.1 Å². The Morgan fingerprint density at radius 1 is 1.26 bits per heavy atom. The predicted octanol–water partition coefficient (Wildman–Crippen LogP) is 3.92. The second kappa shape index (κ2) is 10.4. The van der Waals surface area contributed by atoms with Crippen LogP contribution in [0, 0.1) is 11.3 Å². The first-order valence-electron chi connectivity index (χ1n) is 11.0. The minimum atomic E-state index is -4.75. The molecule has 7 nitrogen and oxygen atoms in total. The molecule has 1 atom stereocenters. The fourth-order valence-corrected chi connectivity index (χ4v) is 4.70. The maximum atomic E-state index is 13.6. The molecule has 0 saturated carbocycles. The highest BCUT2D eigenvalue weighted by molar-refractivity contribution is 7.10. The summed E-state index contributed by atoms with van der Waals surface area (Å²) >= 11 is 1.23. The molecule has 1 fully saturated rings. The lowest BCUT2D eigenvalue weighted by molar-refractivity contribution is -0.144. The van der Waals surface area contributed by atoms with Crippen LogP contribution in [-0.2, 0) is 24.0 Å². The predicted molar refractivity (Wildman–Crippen MR) is 125 cm³/mol. The lowest BCUT2D eigenvalue weighted by Gasteiger charge is -2.26. The Bertz CT molecular complexity index is 1240. The molecule has 11 heteroatoms. The number of aromatic nitrogens is 2. The number of aliphatic hydroxyl groups is 1. The molecule has 3 aromatic rings. The summed E-state index contributed by atoms with van der Waals surface area (Å²) in [5.41, 5.74) is 2.05. The number of aliphatic hydroxyl groups excluding tert-OH is 1. The second-order valence-corrected chi connectivity index (χ2v) is 9.09. The van der Waals surface area contributed by atoms with Gasteiger partial charge in [0.1, 0.15) is 11.9 Å². The number of nitrogens with one attached hydrogen (secondary N) is 1. The van der Waals surface area contributed by atoms with Crippen molar-refractivity contribution in [2.24, 2.45) is 0 Å². The summed E-state index contributed by atoms with van der Waals surface area (Å²) in [5, 5.41) is 22.7. The van der Waals surface area contributed by atoms with Gasteiger partial charge in [-0.15, -0.1) is 11.3 Å². The van der Waals surface area contributed by atoms with E-state index in [-0.39, 0.29) is 24.0 Å². The molecule has 2 aromatic heterocycles. The SMILES string of the molecule is N#Cc1ccc(CCNC(=O)[C@@H]2CCCN2c2cc(-c3csc(CO)c3)nc(C(F)(F)F)n2)cc1. The maximum absolute atomic E-state index is 13.6. The highest BCUT2D eigenvalue weighted by Gasteiger charge is 2.38. The molecule has 4 rings (SSSR count). The highest BCUT2D eigenvalue weighted by Crippen LogP contribution is 2.34. The van der Waals surface area contributed by atoms with E-state index in [9.17, 15) is 23.1 Å². The Balaban J connectivity index is 1.51.